The normalized spacial score (nSPS) is 20.8. The predicted molar refractivity (Wildman–Crippen MR) is 62.7 cm³/mol. The van der Waals surface area contributed by atoms with E-state index in [1.54, 1.807) is 12.0 Å². The predicted octanol–water partition coefficient (Wildman–Crippen LogP) is 2.20. The first-order valence-corrected chi connectivity index (χ1v) is 5.74. The Kier molecular flexibility index (Phi) is 2.95. The smallest absolute Gasteiger partial charge is 0.240 e. The van der Waals surface area contributed by atoms with Crippen LogP contribution in [-0.2, 0) is 4.79 Å². The number of carbonyl (C=O) groups is 1. The lowest BCUT2D eigenvalue weighted by Crippen LogP contribution is -2.27. The lowest BCUT2D eigenvalue weighted by Gasteiger charge is -2.18. The number of rotatable bonds is 2. The third-order valence-corrected chi connectivity index (χ3v) is 3.37. The summed E-state index contributed by atoms with van der Waals surface area (Å²) >= 11 is 3.36. The molecule has 0 spiro atoms. The topological polar surface area (TPSA) is 29.5 Å². The molecule has 0 saturated carbocycles. The summed E-state index contributed by atoms with van der Waals surface area (Å²) in [7, 11) is 1.62. The summed E-state index contributed by atoms with van der Waals surface area (Å²) in [6.45, 7) is 0.745. The summed E-state index contributed by atoms with van der Waals surface area (Å²) in [5.41, 5.74) is 0.854. The number of para-hydroxylation sites is 2. The molecule has 0 N–H and O–H groups in total. The van der Waals surface area contributed by atoms with Crippen LogP contribution in [0, 0.1) is 0 Å². The molecule has 1 fully saturated rings. The maximum absolute atomic E-state index is 11.8. The summed E-state index contributed by atoms with van der Waals surface area (Å²) in [6.07, 6.45) is 0.844. The minimum atomic E-state index is -0.0533. The van der Waals surface area contributed by atoms with Gasteiger partial charge in [-0.3, -0.25) is 4.79 Å². The van der Waals surface area contributed by atoms with Gasteiger partial charge >= 0.3 is 0 Å². The average molecular weight is 270 g/mol. The molecule has 1 atom stereocenters. The summed E-state index contributed by atoms with van der Waals surface area (Å²) in [6, 6.07) is 7.58. The molecule has 0 aromatic heterocycles. The number of hydrogen-bond donors (Lipinski definition) is 0. The van der Waals surface area contributed by atoms with Gasteiger partial charge in [-0.05, 0) is 18.6 Å². The van der Waals surface area contributed by atoms with Crippen molar-refractivity contribution in [1.82, 2.24) is 0 Å². The maximum Gasteiger partial charge on any atom is 0.240 e. The molecule has 1 aliphatic rings. The van der Waals surface area contributed by atoms with Gasteiger partial charge in [0.2, 0.25) is 5.91 Å². The van der Waals surface area contributed by atoms with E-state index in [0.29, 0.717) is 0 Å². The number of carbonyl (C=O) groups excluding carboxylic acids is 1. The largest absolute Gasteiger partial charge is 0.495 e. The van der Waals surface area contributed by atoms with Gasteiger partial charge in [0, 0.05) is 6.54 Å². The van der Waals surface area contributed by atoms with E-state index in [1.807, 2.05) is 24.3 Å². The second-order valence-corrected chi connectivity index (χ2v) is 4.52. The highest BCUT2D eigenvalue weighted by Crippen LogP contribution is 2.32. The van der Waals surface area contributed by atoms with E-state index < -0.39 is 0 Å². The summed E-state index contributed by atoms with van der Waals surface area (Å²) in [5, 5.41) is 0. The molecule has 15 heavy (non-hydrogen) atoms. The SMILES string of the molecule is COc1ccccc1N1CCC(Br)C1=O. The molecular weight excluding hydrogens is 258 g/mol. The Labute approximate surface area is 97.2 Å². The zero-order chi connectivity index (χ0) is 10.8. The zero-order valence-corrected chi connectivity index (χ0v) is 10.0. The number of methoxy groups -OCH3 is 1. The van der Waals surface area contributed by atoms with Gasteiger partial charge in [0.15, 0.2) is 0 Å². The van der Waals surface area contributed by atoms with Gasteiger partial charge in [-0.25, -0.2) is 0 Å². The van der Waals surface area contributed by atoms with Crippen LogP contribution in [0.2, 0.25) is 0 Å². The van der Waals surface area contributed by atoms with Crippen molar-refractivity contribution in [1.29, 1.82) is 0 Å². The summed E-state index contributed by atoms with van der Waals surface area (Å²) in [4.78, 5) is 13.5. The van der Waals surface area contributed by atoms with Crippen molar-refractivity contribution in [3.05, 3.63) is 24.3 Å². The number of halogens is 1. The van der Waals surface area contributed by atoms with Crippen molar-refractivity contribution >= 4 is 27.5 Å². The molecule has 1 aromatic carbocycles. The van der Waals surface area contributed by atoms with E-state index in [4.69, 9.17) is 4.74 Å². The summed E-state index contributed by atoms with van der Waals surface area (Å²) < 4.78 is 5.23. The fourth-order valence-electron chi connectivity index (χ4n) is 1.74. The van der Waals surface area contributed by atoms with Crippen LogP contribution in [0.1, 0.15) is 6.42 Å². The van der Waals surface area contributed by atoms with Gasteiger partial charge in [-0.2, -0.15) is 0 Å². The molecular formula is C11H12BrNO2. The van der Waals surface area contributed by atoms with Gasteiger partial charge in [-0.1, -0.05) is 28.1 Å². The molecule has 1 aliphatic heterocycles. The minimum absolute atomic E-state index is 0.0533. The van der Waals surface area contributed by atoms with E-state index in [9.17, 15) is 4.79 Å². The Morgan fingerprint density at radius 2 is 2.20 bits per heavy atom. The molecule has 0 radical (unpaired) electrons. The monoisotopic (exact) mass is 269 g/mol. The fourth-order valence-corrected chi connectivity index (χ4v) is 2.19. The van der Waals surface area contributed by atoms with Gasteiger partial charge < -0.3 is 9.64 Å². The standard InChI is InChI=1S/C11H12BrNO2/c1-15-10-5-3-2-4-9(10)13-7-6-8(12)11(13)14/h2-5,8H,6-7H2,1H3. The second kappa shape index (κ2) is 4.23. The van der Waals surface area contributed by atoms with Crippen molar-refractivity contribution < 1.29 is 9.53 Å². The van der Waals surface area contributed by atoms with Crippen molar-refractivity contribution in [3.8, 4) is 5.75 Å². The quantitative estimate of drug-likeness (QED) is 0.771. The maximum atomic E-state index is 11.8. The number of ether oxygens (including phenoxy) is 1. The third-order valence-electron chi connectivity index (χ3n) is 2.52. The van der Waals surface area contributed by atoms with Gasteiger partial charge in [0.05, 0.1) is 17.6 Å². The van der Waals surface area contributed by atoms with Gasteiger partial charge in [0.25, 0.3) is 0 Å². The van der Waals surface area contributed by atoms with Gasteiger partial charge in [0.1, 0.15) is 5.75 Å². The van der Waals surface area contributed by atoms with Crippen LogP contribution in [-0.4, -0.2) is 24.4 Å². The molecule has 3 nitrogen and oxygen atoms in total. The van der Waals surface area contributed by atoms with Crippen LogP contribution in [0.4, 0.5) is 5.69 Å². The highest BCUT2D eigenvalue weighted by Gasteiger charge is 2.31. The van der Waals surface area contributed by atoms with Crippen LogP contribution >= 0.6 is 15.9 Å². The zero-order valence-electron chi connectivity index (χ0n) is 8.44. The molecule has 1 amide bonds. The van der Waals surface area contributed by atoms with Crippen LogP contribution in [0.25, 0.3) is 0 Å². The lowest BCUT2D eigenvalue weighted by atomic mass is 10.2. The Morgan fingerprint density at radius 1 is 1.47 bits per heavy atom. The van der Waals surface area contributed by atoms with E-state index >= 15 is 0 Å². The molecule has 1 aromatic rings. The third kappa shape index (κ3) is 1.86. The Hall–Kier alpha value is -1.03. The van der Waals surface area contributed by atoms with Crippen molar-refractivity contribution in [2.45, 2.75) is 11.2 Å². The second-order valence-electron chi connectivity index (χ2n) is 3.42. The number of benzene rings is 1. The number of alkyl halides is 1. The molecule has 1 heterocycles. The van der Waals surface area contributed by atoms with Crippen LogP contribution in [0.15, 0.2) is 24.3 Å². The van der Waals surface area contributed by atoms with Crippen molar-refractivity contribution in [2.75, 3.05) is 18.6 Å². The fraction of sp³-hybridized carbons (Fsp3) is 0.364. The van der Waals surface area contributed by atoms with Crippen LogP contribution < -0.4 is 9.64 Å². The number of anilines is 1. The Balaban J connectivity index is 2.33. The number of hydrogen-bond acceptors (Lipinski definition) is 2. The van der Waals surface area contributed by atoms with Crippen LogP contribution in [0.3, 0.4) is 0 Å². The number of amides is 1. The first-order valence-electron chi connectivity index (χ1n) is 4.82. The first-order chi connectivity index (χ1) is 7.24. The lowest BCUT2D eigenvalue weighted by molar-refractivity contribution is -0.116. The average Bonchev–Trinajstić information content (AvgIpc) is 2.60. The highest BCUT2D eigenvalue weighted by molar-refractivity contribution is 9.10. The Morgan fingerprint density at radius 3 is 2.80 bits per heavy atom. The van der Waals surface area contributed by atoms with Crippen molar-refractivity contribution in [3.63, 3.8) is 0 Å². The number of nitrogens with zero attached hydrogens (tertiary/aromatic N) is 1. The van der Waals surface area contributed by atoms with Crippen molar-refractivity contribution in [2.24, 2.45) is 0 Å². The highest BCUT2D eigenvalue weighted by atomic mass is 79.9. The van der Waals surface area contributed by atoms with Gasteiger partial charge in [-0.15, -0.1) is 0 Å². The molecule has 1 saturated heterocycles. The summed E-state index contributed by atoms with van der Waals surface area (Å²) in [5.74, 6) is 0.854. The molecule has 0 aliphatic carbocycles. The van der Waals surface area contributed by atoms with E-state index in [-0.39, 0.29) is 10.7 Å². The van der Waals surface area contributed by atoms with Crippen LogP contribution in [0.5, 0.6) is 5.75 Å². The minimum Gasteiger partial charge on any atom is -0.495 e. The Bertz CT molecular complexity index is 381. The van der Waals surface area contributed by atoms with E-state index in [0.717, 1.165) is 24.4 Å². The molecule has 0 bridgehead atoms. The first kappa shape index (κ1) is 10.5. The van der Waals surface area contributed by atoms with E-state index in [1.165, 1.54) is 0 Å². The molecule has 2 rings (SSSR count). The molecule has 80 valence electrons. The van der Waals surface area contributed by atoms with E-state index in [2.05, 4.69) is 15.9 Å². The molecule has 1 unspecified atom stereocenters. The molecule has 4 heteroatoms.